The summed E-state index contributed by atoms with van der Waals surface area (Å²) >= 11 is 12.8. The molecule has 0 aliphatic rings. The minimum absolute atomic E-state index is 0.0591. The Kier molecular flexibility index (Phi) is 9.55. The predicted octanol–water partition coefficient (Wildman–Crippen LogP) is 6.69. The predicted molar refractivity (Wildman–Crippen MR) is 143 cm³/mol. The molecular weight excluding hydrogens is 538 g/mol. The van der Waals surface area contributed by atoms with E-state index in [0.717, 1.165) is 6.07 Å². The van der Waals surface area contributed by atoms with E-state index >= 15 is 0 Å². The number of methoxy groups -OCH3 is 2. The second-order valence-electron chi connectivity index (χ2n) is 8.27. The van der Waals surface area contributed by atoms with Gasteiger partial charge in [0.1, 0.15) is 17.3 Å². The number of benzene rings is 3. The van der Waals surface area contributed by atoms with Gasteiger partial charge in [-0.2, -0.15) is 0 Å². The Hall–Kier alpha value is -3.82. The summed E-state index contributed by atoms with van der Waals surface area (Å²) in [4.78, 5) is 36.0. The molecule has 0 fully saturated rings. The molecule has 0 saturated carbocycles. The largest absolute Gasteiger partial charge is 0.497 e. The molecule has 0 bridgehead atoms. The minimum Gasteiger partial charge on any atom is -0.497 e. The Labute approximate surface area is 229 Å². The van der Waals surface area contributed by atoms with Gasteiger partial charge in [0.05, 0.1) is 30.7 Å². The number of amides is 2. The zero-order valence-corrected chi connectivity index (χ0v) is 22.6. The Morgan fingerprint density at radius 2 is 1.42 bits per heavy atom. The maximum Gasteiger partial charge on any atom is 0.306 e. The van der Waals surface area contributed by atoms with Crippen LogP contribution in [0.3, 0.4) is 0 Å². The van der Waals surface area contributed by atoms with E-state index in [9.17, 15) is 18.8 Å². The smallest absolute Gasteiger partial charge is 0.306 e. The number of hydrogen-bond acceptors (Lipinski definition) is 6. The summed E-state index contributed by atoms with van der Waals surface area (Å²) < 4.78 is 29.4. The molecule has 38 heavy (non-hydrogen) atoms. The summed E-state index contributed by atoms with van der Waals surface area (Å²) in [6.07, 6.45) is -0.120. The number of aryl methyl sites for hydroxylation is 2. The van der Waals surface area contributed by atoms with Gasteiger partial charge in [0.2, 0.25) is 5.91 Å². The summed E-state index contributed by atoms with van der Waals surface area (Å²) in [5.74, 6) is -1.13. The molecule has 2 amide bonds. The van der Waals surface area contributed by atoms with E-state index in [1.54, 1.807) is 26.0 Å². The van der Waals surface area contributed by atoms with Gasteiger partial charge < -0.3 is 24.8 Å². The highest BCUT2D eigenvalue weighted by molar-refractivity contribution is 6.37. The maximum atomic E-state index is 13.8. The molecule has 200 valence electrons. The van der Waals surface area contributed by atoms with Crippen molar-refractivity contribution in [2.45, 2.75) is 26.7 Å². The molecule has 0 saturated heterocycles. The number of hydrogen-bond donors (Lipinski definition) is 2. The topological polar surface area (TPSA) is 103 Å². The fourth-order valence-electron chi connectivity index (χ4n) is 3.57. The van der Waals surface area contributed by atoms with Crippen LogP contribution >= 0.6 is 23.2 Å². The van der Waals surface area contributed by atoms with Gasteiger partial charge in [-0.3, -0.25) is 14.4 Å². The van der Waals surface area contributed by atoms with Crippen molar-refractivity contribution in [2.24, 2.45) is 0 Å². The van der Waals surface area contributed by atoms with Crippen LogP contribution in [0.2, 0.25) is 10.0 Å². The number of nitrogens with one attached hydrogen (secondary N) is 2. The van der Waals surface area contributed by atoms with Crippen molar-refractivity contribution in [3.8, 4) is 17.2 Å². The van der Waals surface area contributed by atoms with Crippen molar-refractivity contribution in [3.05, 3.63) is 75.0 Å². The van der Waals surface area contributed by atoms with Crippen LogP contribution in [-0.4, -0.2) is 32.0 Å². The molecule has 0 aromatic heterocycles. The van der Waals surface area contributed by atoms with Crippen molar-refractivity contribution >= 4 is 52.4 Å². The van der Waals surface area contributed by atoms with Gasteiger partial charge in [0.15, 0.2) is 5.75 Å². The van der Waals surface area contributed by atoms with Gasteiger partial charge in [0, 0.05) is 29.4 Å². The molecule has 0 atom stereocenters. The molecule has 3 aromatic rings. The first-order chi connectivity index (χ1) is 18.0. The van der Waals surface area contributed by atoms with E-state index in [2.05, 4.69) is 15.4 Å². The molecule has 0 heterocycles. The van der Waals surface area contributed by atoms with Crippen molar-refractivity contribution in [1.29, 1.82) is 0 Å². The monoisotopic (exact) mass is 562 g/mol. The molecule has 3 aromatic carbocycles. The van der Waals surface area contributed by atoms with E-state index < -0.39 is 23.6 Å². The number of carbonyl (C=O) groups is 3. The van der Waals surface area contributed by atoms with Crippen LogP contribution in [0, 0.1) is 19.7 Å². The summed E-state index contributed by atoms with van der Waals surface area (Å²) in [5, 5.41) is 5.66. The van der Waals surface area contributed by atoms with E-state index in [4.69, 9.17) is 32.7 Å². The molecule has 0 unspecified atom stereocenters. The van der Waals surface area contributed by atoms with Crippen molar-refractivity contribution in [2.75, 3.05) is 24.9 Å². The normalized spacial score (nSPS) is 10.5. The molecule has 0 spiro atoms. The van der Waals surface area contributed by atoms with Crippen LogP contribution in [0.5, 0.6) is 17.2 Å². The second kappa shape index (κ2) is 12.6. The second-order valence-corrected chi connectivity index (χ2v) is 9.08. The van der Waals surface area contributed by atoms with Gasteiger partial charge >= 0.3 is 5.97 Å². The van der Waals surface area contributed by atoms with Gasteiger partial charge in [-0.1, -0.05) is 23.2 Å². The summed E-state index contributed by atoms with van der Waals surface area (Å²) in [5.41, 5.74) is 2.26. The zero-order chi connectivity index (χ0) is 28.0. The minimum atomic E-state index is -0.592. The standard InChI is InChI=1S/C27H25Cl2FN2O6/c1-14-7-18(32-27(35)16-9-17(30)11-20(10-16)36-3)8-15(2)25(14)38-26-21(28)12-19(13-22(26)29)31-23(33)5-6-24(34)37-4/h7-13H,5-6H2,1-4H3,(H,31,33)(H,32,35). The quantitative estimate of drug-likeness (QED) is 0.281. The van der Waals surface area contributed by atoms with E-state index in [0.29, 0.717) is 28.3 Å². The van der Waals surface area contributed by atoms with Gasteiger partial charge in [-0.05, 0) is 61.4 Å². The van der Waals surface area contributed by atoms with E-state index in [-0.39, 0.29) is 39.9 Å². The number of rotatable bonds is 9. The maximum absolute atomic E-state index is 13.8. The molecular formula is C27H25Cl2FN2O6. The van der Waals surface area contributed by atoms with Gasteiger partial charge in [-0.15, -0.1) is 0 Å². The first-order valence-corrected chi connectivity index (χ1v) is 12.1. The SMILES string of the molecule is COC(=O)CCC(=O)Nc1cc(Cl)c(Oc2c(C)cc(NC(=O)c3cc(F)cc(OC)c3)cc2C)c(Cl)c1. The number of carbonyl (C=O) groups excluding carboxylic acids is 3. The zero-order valence-electron chi connectivity index (χ0n) is 21.0. The van der Waals surface area contributed by atoms with E-state index in [1.807, 2.05) is 0 Å². The Morgan fingerprint density at radius 1 is 0.816 bits per heavy atom. The lowest BCUT2D eigenvalue weighted by atomic mass is 10.1. The summed E-state index contributed by atoms with van der Waals surface area (Å²) in [7, 11) is 2.63. The van der Waals surface area contributed by atoms with Gasteiger partial charge in [-0.25, -0.2) is 4.39 Å². The molecule has 0 aliphatic carbocycles. The highest BCUT2D eigenvalue weighted by Gasteiger charge is 2.17. The van der Waals surface area contributed by atoms with E-state index in [1.165, 1.54) is 38.5 Å². The summed E-state index contributed by atoms with van der Waals surface area (Å²) in [6.45, 7) is 3.56. The number of ether oxygens (including phenoxy) is 3. The lowest BCUT2D eigenvalue weighted by Crippen LogP contribution is -2.14. The number of anilines is 2. The average Bonchev–Trinajstić information content (AvgIpc) is 2.85. The van der Waals surface area contributed by atoms with Crippen LogP contribution in [0.4, 0.5) is 15.8 Å². The van der Waals surface area contributed by atoms with Crippen LogP contribution in [0.25, 0.3) is 0 Å². The van der Waals surface area contributed by atoms with Crippen LogP contribution in [-0.2, 0) is 14.3 Å². The van der Waals surface area contributed by atoms with Crippen molar-refractivity contribution in [1.82, 2.24) is 0 Å². The molecule has 11 heteroatoms. The lowest BCUT2D eigenvalue weighted by Gasteiger charge is -2.17. The molecule has 3 rings (SSSR count). The number of esters is 1. The Balaban J connectivity index is 1.75. The molecule has 0 radical (unpaired) electrons. The third-order valence-electron chi connectivity index (χ3n) is 5.36. The van der Waals surface area contributed by atoms with Gasteiger partial charge in [0.25, 0.3) is 5.91 Å². The highest BCUT2D eigenvalue weighted by atomic mass is 35.5. The lowest BCUT2D eigenvalue weighted by molar-refractivity contribution is -0.141. The Bertz CT molecular complexity index is 1350. The first kappa shape index (κ1) is 28.7. The summed E-state index contributed by atoms with van der Waals surface area (Å²) in [6, 6.07) is 10.1. The Morgan fingerprint density at radius 3 is 2.00 bits per heavy atom. The number of halogens is 3. The van der Waals surface area contributed by atoms with Crippen LogP contribution in [0.15, 0.2) is 42.5 Å². The average molecular weight is 563 g/mol. The van der Waals surface area contributed by atoms with Crippen molar-refractivity contribution < 1.29 is 33.0 Å². The van der Waals surface area contributed by atoms with Crippen LogP contribution in [0.1, 0.15) is 34.3 Å². The molecule has 8 nitrogen and oxygen atoms in total. The first-order valence-electron chi connectivity index (χ1n) is 11.3. The van der Waals surface area contributed by atoms with Crippen molar-refractivity contribution in [3.63, 3.8) is 0 Å². The highest BCUT2D eigenvalue weighted by Crippen LogP contribution is 2.41. The fourth-order valence-corrected chi connectivity index (χ4v) is 4.14. The molecule has 2 N–H and O–H groups in total. The van der Waals surface area contributed by atoms with Crippen LogP contribution < -0.4 is 20.1 Å². The molecule has 0 aliphatic heterocycles. The fraction of sp³-hybridized carbons (Fsp3) is 0.222. The third-order valence-corrected chi connectivity index (χ3v) is 5.92. The third kappa shape index (κ3) is 7.36.